The van der Waals surface area contributed by atoms with Crippen LogP contribution in [-0.4, -0.2) is 46.5 Å². The zero-order valence-corrected chi connectivity index (χ0v) is 15.9. The van der Waals surface area contributed by atoms with Crippen molar-refractivity contribution < 1.29 is 22.7 Å². The fourth-order valence-electron chi connectivity index (χ4n) is 2.17. The molecule has 0 heterocycles. The van der Waals surface area contributed by atoms with E-state index in [4.69, 9.17) is 26.2 Å². The molecule has 140 valence electrons. The number of halogens is 1. The van der Waals surface area contributed by atoms with Crippen LogP contribution in [0, 0.1) is 0 Å². The molecule has 0 aliphatic heterocycles. The predicted molar refractivity (Wildman–Crippen MR) is 98.3 cm³/mol. The standard InChI is InChI=1S/C17H19ClN2O5S/c1-20(9-10-25-13-5-3-12(18)4-6-13)17(21)15-11-14(26(19,22)23)7-8-16(15)24-2/h3-8,11H,9-10H2,1-2H3,(H2,19,22,23). The minimum atomic E-state index is -3.93. The molecule has 2 rings (SSSR count). The Kier molecular flexibility index (Phi) is 6.47. The van der Waals surface area contributed by atoms with Crippen LogP contribution in [0.4, 0.5) is 0 Å². The minimum Gasteiger partial charge on any atom is -0.496 e. The summed E-state index contributed by atoms with van der Waals surface area (Å²) in [5, 5.41) is 5.73. The number of methoxy groups -OCH3 is 1. The fraction of sp³-hybridized carbons (Fsp3) is 0.235. The van der Waals surface area contributed by atoms with Crippen LogP contribution in [0.2, 0.25) is 5.02 Å². The average molecular weight is 399 g/mol. The number of sulfonamides is 1. The van der Waals surface area contributed by atoms with E-state index in [9.17, 15) is 13.2 Å². The molecule has 0 aromatic heterocycles. The number of nitrogens with zero attached hydrogens (tertiary/aromatic N) is 1. The van der Waals surface area contributed by atoms with Crippen molar-refractivity contribution in [2.24, 2.45) is 5.14 Å². The first kappa shape index (κ1) is 20.0. The summed E-state index contributed by atoms with van der Waals surface area (Å²) in [7, 11) is -0.953. The predicted octanol–water partition coefficient (Wildman–Crippen LogP) is 2.15. The van der Waals surface area contributed by atoms with Crippen molar-refractivity contribution in [2.45, 2.75) is 4.90 Å². The Balaban J connectivity index is 2.08. The molecule has 0 bridgehead atoms. The maximum absolute atomic E-state index is 12.6. The number of rotatable bonds is 7. The summed E-state index contributed by atoms with van der Waals surface area (Å²) in [4.78, 5) is 13.9. The van der Waals surface area contributed by atoms with Gasteiger partial charge in [0, 0.05) is 12.1 Å². The van der Waals surface area contributed by atoms with E-state index >= 15 is 0 Å². The first-order valence-electron chi connectivity index (χ1n) is 7.57. The number of benzene rings is 2. The molecule has 0 saturated carbocycles. The second-order valence-corrected chi connectivity index (χ2v) is 7.43. The summed E-state index contributed by atoms with van der Waals surface area (Å²) in [5.41, 5.74) is 0.105. The van der Waals surface area contributed by atoms with Gasteiger partial charge in [-0.2, -0.15) is 0 Å². The Bertz CT molecular complexity index is 885. The molecule has 2 aromatic rings. The molecule has 2 aromatic carbocycles. The van der Waals surface area contributed by atoms with Crippen molar-refractivity contribution in [3.63, 3.8) is 0 Å². The highest BCUT2D eigenvalue weighted by atomic mass is 35.5. The molecule has 0 aliphatic carbocycles. The van der Waals surface area contributed by atoms with Crippen LogP contribution >= 0.6 is 11.6 Å². The molecule has 0 aliphatic rings. The third-order valence-electron chi connectivity index (χ3n) is 3.59. The summed E-state index contributed by atoms with van der Waals surface area (Å²) in [6.07, 6.45) is 0. The van der Waals surface area contributed by atoms with Gasteiger partial charge < -0.3 is 14.4 Å². The molecule has 0 radical (unpaired) electrons. The summed E-state index contributed by atoms with van der Waals surface area (Å²) in [6, 6.07) is 10.7. The minimum absolute atomic E-state index is 0.105. The topological polar surface area (TPSA) is 98.9 Å². The van der Waals surface area contributed by atoms with Crippen LogP contribution in [0.1, 0.15) is 10.4 Å². The first-order chi connectivity index (χ1) is 12.2. The van der Waals surface area contributed by atoms with E-state index in [1.54, 1.807) is 31.3 Å². The van der Waals surface area contributed by atoms with Gasteiger partial charge in [-0.1, -0.05) is 11.6 Å². The van der Waals surface area contributed by atoms with E-state index in [0.717, 1.165) is 0 Å². The van der Waals surface area contributed by atoms with Gasteiger partial charge in [-0.3, -0.25) is 4.79 Å². The number of likely N-dealkylation sites (N-methyl/N-ethyl adjacent to an activating group) is 1. The summed E-state index contributed by atoms with van der Waals surface area (Å²) in [5.74, 6) is 0.476. The van der Waals surface area contributed by atoms with Crippen molar-refractivity contribution in [1.82, 2.24) is 4.90 Å². The smallest absolute Gasteiger partial charge is 0.257 e. The van der Waals surface area contributed by atoms with Crippen LogP contribution in [0.5, 0.6) is 11.5 Å². The lowest BCUT2D eigenvalue weighted by molar-refractivity contribution is 0.0770. The van der Waals surface area contributed by atoms with Gasteiger partial charge in [0.2, 0.25) is 10.0 Å². The number of amides is 1. The van der Waals surface area contributed by atoms with E-state index in [2.05, 4.69) is 0 Å². The highest BCUT2D eigenvalue weighted by Gasteiger charge is 2.20. The van der Waals surface area contributed by atoms with Crippen LogP contribution in [0.15, 0.2) is 47.4 Å². The number of nitrogens with two attached hydrogens (primary N) is 1. The SMILES string of the molecule is COc1ccc(S(N)(=O)=O)cc1C(=O)N(C)CCOc1ccc(Cl)cc1. The van der Waals surface area contributed by atoms with Gasteiger partial charge in [-0.25, -0.2) is 13.6 Å². The number of ether oxygens (including phenoxy) is 2. The van der Waals surface area contributed by atoms with Gasteiger partial charge in [-0.05, 0) is 42.5 Å². The molecule has 9 heteroatoms. The van der Waals surface area contributed by atoms with Gasteiger partial charge in [0.05, 0.1) is 24.1 Å². The maximum Gasteiger partial charge on any atom is 0.257 e. The van der Waals surface area contributed by atoms with Gasteiger partial charge in [-0.15, -0.1) is 0 Å². The van der Waals surface area contributed by atoms with Crippen molar-refractivity contribution in [3.8, 4) is 11.5 Å². The third kappa shape index (κ3) is 5.10. The van der Waals surface area contributed by atoms with Crippen molar-refractivity contribution in [2.75, 3.05) is 27.3 Å². The molecule has 0 fully saturated rings. The quantitative estimate of drug-likeness (QED) is 0.770. The summed E-state index contributed by atoms with van der Waals surface area (Å²) >= 11 is 5.81. The Morgan fingerprint density at radius 1 is 1.19 bits per heavy atom. The average Bonchev–Trinajstić information content (AvgIpc) is 2.61. The maximum atomic E-state index is 12.6. The van der Waals surface area contributed by atoms with Gasteiger partial charge >= 0.3 is 0 Å². The van der Waals surface area contributed by atoms with Gasteiger partial charge in [0.15, 0.2) is 0 Å². The number of primary sulfonamides is 1. The Labute approximate surface area is 157 Å². The molecule has 7 nitrogen and oxygen atoms in total. The summed E-state index contributed by atoms with van der Waals surface area (Å²) < 4.78 is 33.7. The Morgan fingerprint density at radius 3 is 2.42 bits per heavy atom. The molecular formula is C17H19ClN2O5S. The molecule has 0 unspecified atom stereocenters. The lowest BCUT2D eigenvalue weighted by Crippen LogP contribution is -2.31. The van der Waals surface area contributed by atoms with E-state index in [1.807, 2.05) is 0 Å². The molecular weight excluding hydrogens is 380 g/mol. The van der Waals surface area contributed by atoms with Crippen molar-refractivity contribution >= 4 is 27.5 Å². The number of carbonyl (C=O) groups is 1. The molecule has 0 saturated heterocycles. The lowest BCUT2D eigenvalue weighted by atomic mass is 10.1. The van der Waals surface area contributed by atoms with Crippen molar-refractivity contribution in [1.29, 1.82) is 0 Å². The monoisotopic (exact) mass is 398 g/mol. The second kappa shape index (κ2) is 8.39. The second-order valence-electron chi connectivity index (χ2n) is 5.44. The molecule has 1 amide bonds. The fourth-order valence-corrected chi connectivity index (χ4v) is 2.84. The number of hydrogen-bond acceptors (Lipinski definition) is 5. The van der Waals surface area contributed by atoms with Gasteiger partial charge in [0.1, 0.15) is 18.1 Å². The number of carbonyl (C=O) groups excluding carboxylic acids is 1. The van der Waals surface area contributed by atoms with Crippen LogP contribution in [-0.2, 0) is 10.0 Å². The van der Waals surface area contributed by atoms with Crippen LogP contribution < -0.4 is 14.6 Å². The molecule has 26 heavy (non-hydrogen) atoms. The molecule has 0 atom stereocenters. The Morgan fingerprint density at radius 2 is 1.85 bits per heavy atom. The zero-order valence-electron chi connectivity index (χ0n) is 14.3. The highest BCUT2D eigenvalue weighted by Crippen LogP contribution is 2.23. The normalized spacial score (nSPS) is 11.1. The largest absolute Gasteiger partial charge is 0.496 e. The summed E-state index contributed by atoms with van der Waals surface area (Å²) in [6.45, 7) is 0.533. The van der Waals surface area contributed by atoms with Crippen molar-refractivity contribution in [3.05, 3.63) is 53.1 Å². The molecule has 0 spiro atoms. The van der Waals surface area contributed by atoms with Gasteiger partial charge in [0.25, 0.3) is 5.91 Å². The van der Waals surface area contributed by atoms with Crippen LogP contribution in [0.3, 0.4) is 0 Å². The third-order valence-corrected chi connectivity index (χ3v) is 4.75. The molecule has 2 N–H and O–H groups in total. The zero-order chi connectivity index (χ0) is 19.3. The highest BCUT2D eigenvalue weighted by molar-refractivity contribution is 7.89. The number of hydrogen-bond donors (Lipinski definition) is 1. The Hall–Kier alpha value is -2.29. The van der Waals surface area contributed by atoms with E-state index in [1.165, 1.54) is 30.2 Å². The van der Waals surface area contributed by atoms with E-state index in [0.29, 0.717) is 10.8 Å². The van der Waals surface area contributed by atoms with E-state index in [-0.39, 0.29) is 29.4 Å². The first-order valence-corrected chi connectivity index (χ1v) is 9.49. The lowest BCUT2D eigenvalue weighted by Gasteiger charge is -2.19. The van der Waals surface area contributed by atoms with Crippen LogP contribution in [0.25, 0.3) is 0 Å². The van der Waals surface area contributed by atoms with E-state index < -0.39 is 15.9 Å².